The monoisotopic (exact) mass is 456 g/mol. The molecule has 0 aliphatic carbocycles. The number of carbonyl (C=O) groups excluding carboxylic acids is 1. The molecule has 0 aliphatic heterocycles. The maximum atomic E-state index is 12.5. The van der Waals surface area contributed by atoms with Crippen LogP contribution in [0.4, 0.5) is 0 Å². The minimum atomic E-state index is -0.410. The highest BCUT2D eigenvalue weighted by molar-refractivity contribution is 5.94. The highest BCUT2D eigenvalue weighted by Gasteiger charge is 2.11. The largest absolute Gasteiger partial charge is 0.493 e. The third kappa shape index (κ3) is 5.60. The summed E-state index contributed by atoms with van der Waals surface area (Å²) in [5, 5.41) is 11.0. The van der Waals surface area contributed by atoms with Crippen LogP contribution in [-0.2, 0) is 6.61 Å². The Bertz CT molecular complexity index is 1280. The average Bonchev–Trinajstić information content (AvgIpc) is 3.39. The zero-order valence-corrected chi connectivity index (χ0v) is 18.8. The van der Waals surface area contributed by atoms with Crippen LogP contribution in [0.5, 0.6) is 17.2 Å². The van der Waals surface area contributed by atoms with E-state index in [1.165, 1.54) is 6.21 Å². The molecule has 2 N–H and O–H groups in total. The molecule has 0 unspecified atom stereocenters. The lowest BCUT2D eigenvalue weighted by Gasteiger charge is -2.07. The van der Waals surface area contributed by atoms with Crippen LogP contribution in [0.3, 0.4) is 0 Å². The van der Waals surface area contributed by atoms with E-state index in [0.29, 0.717) is 23.8 Å². The van der Waals surface area contributed by atoms with Gasteiger partial charge in [0.15, 0.2) is 11.5 Å². The predicted octanol–water partition coefficient (Wildman–Crippen LogP) is 4.44. The maximum Gasteiger partial charge on any atom is 0.289 e. The van der Waals surface area contributed by atoms with Crippen LogP contribution >= 0.6 is 0 Å². The molecule has 1 aromatic heterocycles. The van der Waals surface area contributed by atoms with Gasteiger partial charge in [-0.15, -0.1) is 0 Å². The van der Waals surface area contributed by atoms with E-state index in [9.17, 15) is 4.79 Å². The van der Waals surface area contributed by atoms with E-state index < -0.39 is 5.91 Å². The number of H-pyrrole nitrogens is 1. The first-order chi connectivity index (χ1) is 16.7. The first kappa shape index (κ1) is 22.6. The van der Waals surface area contributed by atoms with Crippen LogP contribution in [-0.4, -0.2) is 36.5 Å². The summed E-state index contributed by atoms with van der Waals surface area (Å²) < 4.78 is 16.4. The van der Waals surface area contributed by atoms with Gasteiger partial charge in [0.05, 0.1) is 26.1 Å². The summed E-state index contributed by atoms with van der Waals surface area (Å²) in [6.07, 6.45) is 1.52. The van der Waals surface area contributed by atoms with E-state index in [-0.39, 0.29) is 5.69 Å². The molecule has 0 fully saturated rings. The molecule has 8 heteroatoms. The summed E-state index contributed by atoms with van der Waals surface area (Å²) in [7, 11) is 3.12. The molecule has 34 heavy (non-hydrogen) atoms. The summed E-state index contributed by atoms with van der Waals surface area (Å²) in [4.78, 5) is 12.5. The SMILES string of the molecule is COc1ccc(C=NNC(=O)c2cc(-c3cccc(OCc4ccccc4)c3)n[nH]2)cc1OC. The van der Waals surface area contributed by atoms with Crippen molar-refractivity contribution in [3.05, 3.63) is 95.7 Å². The third-order valence-electron chi connectivity index (χ3n) is 4.99. The quantitative estimate of drug-likeness (QED) is 0.287. The van der Waals surface area contributed by atoms with Crippen LogP contribution in [0.15, 0.2) is 84.0 Å². The number of methoxy groups -OCH3 is 2. The summed E-state index contributed by atoms with van der Waals surface area (Å²) >= 11 is 0. The lowest BCUT2D eigenvalue weighted by atomic mass is 10.1. The predicted molar refractivity (Wildman–Crippen MR) is 129 cm³/mol. The summed E-state index contributed by atoms with van der Waals surface area (Å²) in [6, 6.07) is 24.5. The fraction of sp³-hybridized carbons (Fsp3) is 0.115. The molecule has 0 saturated heterocycles. The zero-order valence-electron chi connectivity index (χ0n) is 18.8. The molecule has 8 nitrogen and oxygen atoms in total. The van der Waals surface area contributed by atoms with Crippen molar-refractivity contribution in [2.45, 2.75) is 6.61 Å². The van der Waals surface area contributed by atoms with Gasteiger partial charge in [0.1, 0.15) is 18.1 Å². The molecule has 0 radical (unpaired) electrons. The smallest absolute Gasteiger partial charge is 0.289 e. The Balaban J connectivity index is 1.38. The average molecular weight is 457 g/mol. The number of carbonyl (C=O) groups is 1. The molecule has 1 heterocycles. The van der Waals surface area contributed by atoms with Gasteiger partial charge >= 0.3 is 0 Å². The Hall–Kier alpha value is -4.59. The van der Waals surface area contributed by atoms with Gasteiger partial charge in [-0.3, -0.25) is 9.89 Å². The lowest BCUT2D eigenvalue weighted by molar-refractivity contribution is 0.0950. The first-order valence-electron chi connectivity index (χ1n) is 10.5. The first-order valence-corrected chi connectivity index (χ1v) is 10.5. The second-order valence-electron chi connectivity index (χ2n) is 7.28. The van der Waals surface area contributed by atoms with Crippen LogP contribution in [0, 0.1) is 0 Å². The normalized spacial score (nSPS) is 10.8. The number of nitrogens with zero attached hydrogens (tertiary/aromatic N) is 2. The van der Waals surface area contributed by atoms with E-state index >= 15 is 0 Å². The number of hydrazone groups is 1. The van der Waals surface area contributed by atoms with E-state index in [0.717, 1.165) is 22.4 Å². The molecular formula is C26H24N4O4. The second kappa shape index (κ2) is 10.8. The van der Waals surface area contributed by atoms with E-state index in [1.54, 1.807) is 38.5 Å². The summed E-state index contributed by atoms with van der Waals surface area (Å²) in [5.74, 6) is 1.50. The standard InChI is InChI=1S/C26H24N4O4/c1-32-24-12-11-19(13-25(24)33-2)16-27-30-26(31)23-15-22(28-29-23)20-9-6-10-21(14-20)34-17-18-7-4-3-5-8-18/h3-16H,17H2,1-2H3,(H,28,29)(H,30,31). The molecule has 4 aromatic rings. The van der Waals surface area contributed by atoms with E-state index in [1.807, 2.05) is 54.6 Å². The molecule has 0 spiro atoms. The number of rotatable bonds is 9. The number of hydrogen-bond donors (Lipinski definition) is 2. The number of aromatic nitrogens is 2. The molecule has 3 aromatic carbocycles. The van der Waals surface area contributed by atoms with Crippen molar-refractivity contribution in [2.24, 2.45) is 5.10 Å². The fourth-order valence-corrected chi connectivity index (χ4v) is 3.23. The van der Waals surface area contributed by atoms with Crippen LogP contribution in [0.1, 0.15) is 21.6 Å². The Morgan fingerprint density at radius 1 is 0.971 bits per heavy atom. The van der Waals surface area contributed by atoms with Crippen molar-refractivity contribution in [1.29, 1.82) is 0 Å². The Kier molecular flexibility index (Phi) is 7.19. The van der Waals surface area contributed by atoms with Gasteiger partial charge in [0.25, 0.3) is 5.91 Å². The van der Waals surface area contributed by atoms with Crippen LogP contribution in [0.25, 0.3) is 11.3 Å². The van der Waals surface area contributed by atoms with Gasteiger partial charge in [-0.1, -0.05) is 42.5 Å². The van der Waals surface area contributed by atoms with E-state index in [4.69, 9.17) is 14.2 Å². The molecule has 172 valence electrons. The number of benzene rings is 3. The topological polar surface area (TPSA) is 97.8 Å². The highest BCUT2D eigenvalue weighted by atomic mass is 16.5. The fourth-order valence-electron chi connectivity index (χ4n) is 3.23. The molecule has 4 rings (SSSR count). The van der Waals surface area contributed by atoms with Crippen molar-refractivity contribution in [3.63, 3.8) is 0 Å². The Morgan fingerprint density at radius 2 is 1.79 bits per heavy atom. The van der Waals surface area contributed by atoms with Gasteiger partial charge in [0, 0.05) is 5.56 Å². The maximum absolute atomic E-state index is 12.5. The number of amides is 1. The van der Waals surface area contributed by atoms with Crippen molar-refractivity contribution >= 4 is 12.1 Å². The zero-order chi connectivity index (χ0) is 23.8. The Morgan fingerprint density at radius 3 is 2.59 bits per heavy atom. The number of aromatic amines is 1. The number of hydrogen-bond acceptors (Lipinski definition) is 6. The highest BCUT2D eigenvalue weighted by Crippen LogP contribution is 2.27. The molecule has 0 saturated carbocycles. The minimum absolute atomic E-state index is 0.287. The molecule has 0 atom stereocenters. The second-order valence-corrected chi connectivity index (χ2v) is 7.28. The Labute approximate surface area is 197 Å². The third-order valence-corrected chi connectivity index (χ3v) is 4.99. The van der Waals surface area contributed by atoms with Crippen molar-refractivity contribution in [2.75, 3.05) is 14.2 Å². The van der Waals surface area contributed by atoms with Crippen molar-refractivity contribution in [3.8, 4) is 28.5 Å². The minimum Gasteiger partial charge on any atom is -0.493 e. The number of nitrogens with one attached hydrogen (secondary N) is 2. The van der Waals surface area contributed by atoms with Gasteiger partial charge in [0.2, 0.25) is 0 Å². The number of ether oxygens (including phenoxy) is 3. The molecule has 1 amide bonds. The van der Waals surface area contributed by atoms with Crippen molar-refractivity contribution in [1.82, 2.24) is 15.6 Å². The summed E-state index contributed by atoms with van der Waals surface area (Å²) in [6.45, 7) is 0.469. The molecule has 0 bridgehead atoms. The van der Waals surface area contributed by atoms with Crippen molar-refractivity contribution < 1.29 is 19.0 Å². The molecular weight excluding hydrogens is 432 g/mol. The molecule has 0 aliphatic rings. The van der Waals surface area contributed by atoms with E-state index in [2.05, 4.69) is 20.7 Å². The van der Waals surface area contributed by atoms with Crippen LogP contribution < -0.4 is 19.6 Å². The van der Waals surface area contributed by atoms with Gasteiger partial charge in [-0.05, 0) is 47.5 Å². The van der Waals surface area contributed by atoms with Crippen LogP contribution in [0.2, 0.25) is 0 Å². The van der Waals surface area contributed by atoms with Gasteiger partial charge < -0.3 is 14.2 Å². The lowest BCUT2D eigenvalue weighted by Crippen LogP contribution is -2.18. The van der Waals surface area contributed by atoms with Gasteiger partial charge in [-0.25, -0.2) is 5.43 Å². The van der Waals surface area contributed by atoms with Gasteiger partial charge in [-0.2, -0.15) is 10.2 Å². The summed E-state index contributed by atoms with van der Waals surface area (Å²) in [5.41, 5.74) is 6.06.